The van der Waals surface area contributed by atoms with Gasteiger partial charge < -0.3 is 9.47 Å². The number of hydrogen-bond acceptors (Lipinski definition) is 5. The zero-order chi connectivity index (χ0) is 18.9. The lowest BCUT2D eigenvalue weighted by Crippen LogP contribution is -2.59. The minimum atomic E-state index is -0.664. The highest BCUT2D eigenvalue weighted by atomic mass is 16.5. The molecule has 0 aliphatic carbocycles. The Morgan fingerprint density at radius 3 is 1.62 bits per heavy atom. The molecule has 8 nitrogen and oxygen atoms in total. The zero-order valence-electron chi connectivity index (χ0n) is 15.3. The summed E-state index contributed by atoms with van der Waals surface area (Å²) in [5.41, 5.74) is 0.0605. The lowest BCUT2D eigenvalue weighted by molar-refractivity contribution is -0.128. The first-order valence-electron chi connectivity index (χ1n) is 8.88. The van der Waals surface area contributed by atoms with E-state index in [1.807, 2.05) is 13.8 Å². The van der Waals surface area contributed by atoms with Crippen LogP contribution < -0.4 is 17.1 Å². The third-order valence-corrected chi connectivity index (χ3v) is 5.68. The zero-order valence-corrected chi connectivity index (χ0v) is 15.3. The van der Waals surface area contributed by atoms with E-state index in [1.54, 1.807) is 0 Å². The Bertz CT molecular complexity index is 835. The van der Waals surface area contributed by atoms with Crippen molar-refractivity contribution in [2.24, 2.45) is 10.8 Å². The molecule has 0 radical (unpaired) electrons. The van der Waals surface area contributed by atoms with E-state index in [1.165, 1.54) is 6.20 Å². The van der Waals surface area contributed by atoms with Crippen molar-refractivity contribution in [2.75, 3.05) is 26.4 Å². The van der Waals surface area contributed by atoms with Crippen molar-refractivity contribution in [1.82, 2.24) is 13.7 Å². The van der Waals surface area contributed by atoms with E-state index in [2.05, 4.69) is 12.3 Å². The minimum Gasteiger partial charge on any atom is -0.380 e. The summed E-state index contributed by atoms with van der Waals surface area (Å²) >= 11 is 0. The van der Waals surface area contributed by atoms with Gasteiger partial charge in [-0.15, -0.1) is 5.73 Å². The Hall–Kier alpha value is -2.15. The SMILES string of the molecule is C=C=Cn1c(=O)n(CC2(CC)COC2)c(=O)n(CC2(CC)COC2)c1=O. The number of rotatable bonds is 7. The maximum atomic E-state index is 13.0. The fraction of sp³-hybridized carbons (Fsp3) is 0.667. The van der Waals surface area contributed by atoms with Crippen LogP contribution in [0.1, 0.15) is 26.7 Å². The molecule has 0 atom stereocenters. The van der Waals surface area contributed by atoms with Crippen LogP contribution in [-0.2, 0) is 22.6 Å². The summed E-state index contributed by atoms with van der Waals surface area (Å²) in [5, 5.41) is 0. The Morgan fingerprint density at radius 2 is 1.35 bits per heavy atom. The second kappa shape index (κ2) is 6.87. The number of nitrogens with zero attached hydrogens (tertiary/aromatic N) is 3. The van der Waals surface area contributed by atoms with E-state index in [0.29, 0.717) is 26.4 Å². The minimum absolute atomic E-state index is 0.224. The molecule has 0 unspecified atom stereocenters. The molecule has 0 amide bonds. The van der Waals surface area contributed by atoms with Gasteiger partial charge in [-0.1, -0.05) is 20.4 Å². The van der Waals surface area contributed by atoms with E-state index in [0.717, 1.165) is 26.5 Å². The number of hydrogen-bond donors (Lipinski definition) is 0. The van der Waals surface area contributed by atoms with E-state index in [-0.39, 0.29) is 23.9 Å². The molecule has 3 rings (SSSR count). The monoisotopic (exact) mass is 363 g/mol. The van der Waals surface area contributed by atoms with E-state index in [4.69, 9.17) is 9.47 Å². The van der Waals surface area contributed by atoms with Crippen LogP contribution in [0, 0.1) is 10.8 Å². The molecule has 26 heavy (non-hydrogen) atoms. The van der Waals surface area contributed by atoms with Gasteiger partial charge in [-0.25, -0.2) is 28.1 Å². The van der Waals surface area contributed by atoms with Crippen LogP contribution in [0.5, 0.6) is 0 Å². The summed E-state index contributed by atoms with van der Waals surface area (Å²) in [6.45, 7) is 9.89. The van der Waals surface area contributed by atoms with Gasteiger partial charge in [-0.2, -0.15) is 0 Å². The molecule has 3 heterocycles. The van der Waals surface area contributed by atoms with Gasteiger partial charge in [0.1, 0.15) is 0 Å². The van der Waals surface area contributed by atoms with Crippen LogP contribution in [0.4, 0.5) is 0 Å². The molecular weight excluding hydrogens is 338 g/mol. The van der Waals surface area contributed by atoms with Crippen LogP contribution in [0.2, 0.25) is 0 Å². The van der Waals surface area contributed by atoms with Gasteiger partial charge in [0.25, 0.3) is 0 Å². The van der Waals surface area contributed by atoms with Gasteiger partial charge in [0, 0.05) is 23.9 Å². The Morgan fingerprint density at radius 1 is 0.923 bits per heavy atom. The van der Waals surface area contributed by atoms with Crippen molar-refractivity contribution in [3.05, 3.63) is 43.8 Å². The molecule has 0 bridgehead atoms. The molecule has 0 N–H and O–H groups in total. The summed E-state index contributed by atoms with van der Waals surface area (Å²) in [7, 11) is 0. The molecule has 1 aromatic rings. The predicted octanol–water partition coefficient (Wildman–Crippen LogP) is 0.281. The molecule has 2 fully saturated rings. The van der Waals surface area contributed by atoms with Crippen LogP contribution in [0.15, 0.2) is 26.7 Å². The molecule has 0 aromatic carbocycles. The van der Waals surface area contributed by atoms with Crippen molar-refractivity contribution < 1.29 is 9.47 Å². The second-order valence-electron chi connectivity index (χ2n) is 7.42. The predicted molar refractivity (Wildman–Crippen MR) is 96.2 cm³/mol. The number of ether oxygens (including phenoxy) is 2. The molecule has 8 heteroatoms. The topological polar surface area (TPSA) is 84.5 Å². The molecular formula is C18H25N3O5. The van der Waals surface area contributed by atoms with Gasteiger partial charge in [0.05, 0.1) is 32.6 Å². The highest BCUT2D eigenvalue weighted by Gasteiger charge is 2.40. The van der Waals surface area contributed by atoms with Crippen LogP contribution in [-0.4, -0.2) is 40.1 Å². The maximum Gasteiger partial charge on any atom is 0.341 e. The molecule has 0 spiro atoms. The fourth-order valence-corrected chi connectivity index (χ4v) is 3.39. The summed E-state index contributed by atoms with van der Waals surface area (Å²) < 4.78 is 13.8. The highest BCUT2D eigenvalue weighted by molar-refractivity contribution is 5.18. The van der Waals surface area contributed by atoms with Gasteiger partial charge in [0.15, 0.2) is 0 Å². The second-order valence-corrected chi connectivity index (χ2v) is 7.42. The molecule has 142 valence electrons. The van der Waals surface area contributed by atoms with Crippen LogP contribution in [0.3, 0.4) is 0 Å². The first-order chi connectivity index (χ1) is 12.4. The fourth-order valence-electron chi connectivity index (χ4n) is 3.39. The first-order valence-corrected chi connectivity index (χ1v) is 8.88. The van der Waals surface area contributed by atoms with Gasteiger partial charge >= 0.3 is 17.1 Å². The molecule has 0 saturated carbocycles. The normalized spacial score (nSPS) is 19.9. The maximum absolute atomic E-state index is 13.0. The summed E-state index contributed by atoms with van der Waals surface area (Å²) in [6, 6.07) is 0. The summed E-state index contributed by atoms with van der Waals surface area (Å²) in [6.07, 6.45) is 2.74. The quantitative estimate of drug-likeness (QED) is 0.650. The third-order valence-electron chi connectivity index (χ3n) is 5.68. The molecule has 1 aromatic heterocycles. The van der Waals surface area contributed by atoms with E-state index in [9.17, 15) is 14.4 Å². The van der Waals surface area contributed by atoms with E-state index < -0.39 is 17.1 Å². The van der Waals surface area contributed by atoms with Crippen molar-refractivity contribution in [2.45, 2.75) is 39.8 Å². The largest absolute Gasteiger partial charge is 0.380 e. The summed E-state index contributed by atoms with van der Waals surface area (Å²) in [5.74, 6) is 0. The van der Waals surface area contributed by atoms with Crippen LogP contribution >= 0.6 is 0 Å². The van der Waals surface area contributed by atoms with Crippen molar-refractivity contribution in [3.8, 4) is 0 Å². The van der Waals surface area contributed by atoms with Crippen molar-refractivity contribution in [1.29, 1.82) is 0 Å². The lowest BCUT2D eigenvalue weighted by Gasteiger charge is -2.42. The Kier molecular flexibility index (Phi) is 4.92. The van der Waals surface area contributed by atoms with E-state index >= 15 is 0 Å². The van der Waals surface area contributed by atoms with Gasteiger partial charge in [-0.3, -0.25) is 0 Å². The summed E-state index contributed by atoms with van der Waals surface area (Å²) in [4.78, 5) is 38.5. The Labute approximate surface area is 151 Å². The lowest BCUT2D eigenvalue weighted by atomic mass is 9.83. The Balaban J connectivity index is 2.14. The standard InChI is InChI=1S/C18H25N3O5/c1-4-7-19-14(22)20(8-17(5-2)10-25-11-17)16(24)21(15(19)23)9-18(6-3)12-26-13-18/h7H,1,5-6,8-13H2,2-3H3. The van der Waals surface area contributed by atoms with Crippen molar-refractivity contribution in [3.63, 3.8) is 0 Å². The molecule has 2 aliphatic rings. The average molecular weight is 363 g/mol. The smallest absolute Gasteiger partial charge is 0.341 e. The van der Waals surface area contributed by atoms with Gasteiger partial charge in [-0.05, 0) is 12.8 Å². The van der Waals surface area contributed by atoms with Gasteiger partial charge in [0.2, 0.25) is 0 Å². The molecule has 2 aliphatic heterocycles. The molecule has 2 saturated heterocycles. The third kappa shape index (κ3) is 2.94. The highest BCUT2D eigenvalue weighted by Crippen LogP contribution is 2.33. The first kappa shape index (κ1) is 18.6. The van der Waals surface area contributed by atoms with Crippen LogP contribution in [0.25, 0.3) is 6.20 Å². The van der Waals surface area contributed by atoms with Crippen molar-refractivity contribution >= 4 is 6.20 Å². The number of aromatic nitrogens is 3. The average Bonchev–Trinajstić information content (AvgIpc) is 2.56.